The van der Waals surface area contributed by atoms with Crippen LogP contribution in [0.3, 0.4) is 0 Å². The zero-order valence-electron chi connectivity index (χ0n) is 8.38. The largest absolute Gasteiger partial charge is 0.383 e. The molecule has 0 aromatic carbocycles. The second-order valence-electron chi connectivity index (χ2n) is 3.37. The predicted octanol–water partition coefficient (Wildman–Crippen LogP) is -0.157. The van der Waals surface area contributed by atoms with Gasteiger partial charge in [0.05, 0.1) is 19.2 Å². The minimum Gasteiger partial charge on any atom is -0.383 e. The van der Waals surface area contributed by atoms with Gasteiger partial charge in [-0.05, 0) is 19.9 Å². The van der Waals surface area contributed by atoms with Crippen molar-refractivity contribution in [2.75, 3.05) is 33.9 Å². The lowest BCUT2D eigenvalue weighted by Crippen LogP contribution is -2.42. The maximum Gasteiger partial charge on any atom is 0.236 e. The molecule has 0 spiro atoms. The third-order valence-corrected chi connectivity index (χ3v) is 2.38. The highest BCUT2D eigenvalue weighted by Crippen LogP contribution is 2.16. The Hall–Kier alpha value is -0.610. The van der Waals surface area contributed by atoms with Crippen molar-refractivity contribution in [2.45, 2.75) is 18.9 Å². The number of hydrogen-bond donors (Lipinski definition) is 1. The van der Waals surface area contributed by atoms with Crippen molar-refractivity contribution in [1.82, 2.24) is 10.2 Å². The summed E-state index contributed by atoms with van der Waals surface area (Å²) in [5.41, 5.74) is 0. The Morgan fingerprint density at radius 2 is 2.46 bits per heavy atom. The molecule has 0 radical (unpaired) electrons. The highest BCUT2D eigenvalue weighted by Gasteiger charge is 2.27. The monoisotopic (exact) mass is 186 g/mol. The average molecular weight is 186 g/mol. The van der Waals surface area contributed by atoms with E-state index in [4.69, 9.17) is 4.74 Å². The fraction of sp³-hybridized carbons (Fsp3) is 0.889. The van der Waals surface area contributed by atoms with Crippen LogP contribution in [0.4, 0.5) is 0 Å². The number of nitrogens with zero attached hydrogens (tertiary/aromatic N) is 1. The number of nitrogens with one attached hydrogen (secondary N) is 1. The normalized spacial score (nSPS) is 22.3. The van der Waals surface area contributed by atoms with E-state index in [2.05, 4.69) is 5.32 Å². The molecule has 0 bridgehead atoms. The molecular weight excluding hydrogens is 168 g/mol. The molecular formula is C9H18N2O2. The molecule has 76 valence electrons. The Balaban J connectivity index is 2.42. The van der Waals surface area contributed by atoms with Gasteiger partial charge in [0.25, 0.3) is 0 Å². The van der Waals surface area contributed by atoms with Crippen LogP contribution in [0.1, 0.15) is 12.8 Å². The van der Waals surface area contributed by atoms with Gasteiger partial charge in [-0.15, -0.1) is 0 Å². The summed E-state index contributed by atoms with van der Waals surface area (Å²) >= 11 is 0. The summed E-state index contributed by atoms with van der Waals surface area (Å²) in [5.74, 6) is 0.182. The molecule has 0 aliphatic carbocycles. The summed E-state index contributed by atoms with van der Waals surface area (Å²) in [6, 6.07) is 0.297. The van der Waals surface area contributed by atoms with E-state index in [1.165, 1.54) is 0 Å². The number of carbonyl (C=O) groups is 1. The number of carbonyl (C=O) groups excluding carboxylic acids is 1. The number of rotatable bonds is 4. The van der Waals surface area contributed by atoms with Gasteiger partial charge in [0.15, 0.2) is 0 Å². The lowest BCUT2D eigenvalue weighted by Gasteiger charge is -2.23. The third-order valence-electron chi connectivity index (χ3n) is 2.38. The van der Waals surface area contributed by atoms with Crippen LogP contribution in [0, 0.1) is 0 Å². The zero-order valence-corrected chi connectivity index (χ0v) is 8.38. The molecule has 0 aromatic heterocycles. The fourth-order valence-corrected chi connectivity index (χ4v) is 1.78. The summed E-state index contributed by atoms with van der Waals surface area (Å²) in [4.78, 5) is 13.5. The number of likely N-dealkylation sites (N-methyl/N-ethyl adjacent to an activating group) is 1. The Bertz CT molecular complexity index is 173. The van der Waals surface area contributed by atoms with Crippen molar-refractivity contribution >= 4 is 5.91 Å². The minimum absolute atomic E-state index is 0.182. The van der Waals surface area contributed by atoms with E-state index in [1.807, 2.05) is 4.90 Å². The van der Waals surface area contributed by atoms with Gasteiger partial charge in [-0.25, -0.2) is 0 Å². The van der Waals surface area contributed by atoms with Crippen LogP contribution >= 0.6 is 0 Å². The summed E-state index contributed by atoms with van der Waals surface area (Å²) in [6.45, 7) is 1.98. The van der Waals surface area contributed by atoms with Gasteiger partial charge < -0.3 is 15.0 Å². The molecule has 0 aromatic rings. The summed E-state index contributed by atoms with van der Waals surface area (Å²) in [5, 5.41) is 2.87. The van der Waals surface area contributed by atoms with Crippen molar-refractivity contribution in [3.05, 3.63) is 0 Å². The van der Waals surface area contributed by atoms with Gasteiger partial charge in [-0.3, -0.25) is 4.79 Å². The summed E-state index contributed by atoms with van der Waals surface area (Å²) in [6.07, 6.45) is 2.17. The Labute approximate surface area is 79.2 Å². The average Bonchev–Trinajstić information content (AvgIpc) is 2.54. The Morgan fingerprint density at radius 3 is 3.08 bits per heavy atom. The number of methoxy groups -OCH3 is 1. The molecule has 4 nitrogen and oxygen atoms in total. The molecule has 1 aliphatic heterocycles. The number of ether oxygens (including phenoxy) is 1. The minimum atomic E-state index is 0.182. The topological polar surface area (TPSA) is 41.6 Å². The molecule has 1 atom stereocenters. The smallest absolute Gasteiger partial charge is 0.236 e. The molecule has 13 heavy (non-hydrogen) atoms. The van der Waals surface area contributed by atoms with Crippen LogP contribution in [0.25, 0.3) is 0 Å². The van der Waals surface area contributed by atoms with Crippen LogP contribution < -0.4 is 5.32 Å². The molecule has 1 N–H and O–H groups in total. The molecule has 1 fully saturated rings. The first-order chi connectivity index (χ1) is 6.29. The molecule has 1 amide bonds. The highest BCUT2D eigenvalue weighted by molar-refractivity contribution is 5.78. The van der Waals surface area contributed by atoms with E-state index in [1.54, 1.807) is 14.2 Å². The van der Waals surface area contributed by atoms with Gasteiger partial charge >= 0.3 is 0 Å². The second kappa shape index (κ2) is 5.19. The van der Waals surface area contributed by atoms with Crippen LogP contribution in [0.2, 0.25) is 0 Å². The summed E-state index contributed by atoms with van der Waals surface area (Å²) < 4.78 is 5.07. The van der Waals surface area contributed by atoms with E-state index in [9.17, 15) is 4.79 Å². The predicted molar refractivity (Wildman–Crippen MR) is 50.5 cm³/mol. The molecule has 1 aliphatic rings. The number of likely N-dealkylation sites (tertiary alicyclic amines) is 1. The number of amides is 1. The van der Waals surface area contributed by atoms with Gasteiger partial charge in [0.2, 0.25) is 5.91 Å². The van der Waals surface area contributed by atoms with Crippen molar-refractivity contribution in [3.8, 4) is 0 Å². The maximum atomic E-state index is 11.5. The van der Waals surface area contributed by atoms with E-state index in [0.717, 1.165) is 19.4 Å². The van der Waals surface area contributed by atoms with Crippen molar-refractivity contribution < 1.29 is 9.53 Å². The maximum absolute atomic E-state index is 11.5. The second-order valence-corrected chi connectivity index (χ2v) is 3.37. The van der Waals surface area contributed by atoms with Gasteiger partial charge in [-0.1, -0.05) is 0 Å². The molecule has 4 heteroatoms. The molecule has 0 saturated carbocycles. The van der Waals surface area contributed by atoms with Crippen LogP contribution in [0.15, 0.2) is 0 Å². The lowest BCUT2D eigenvalue weighted by molar-refractivity contribution is -0.131. The zero-order chi connectivity index (χ0) is 9.68. The standard InChI is InChI=1S/C9H18N2O2/c1-10-6-9(12)11-5-3-4-8(11)7-13-2/h8,10H,3-7H2,1-2H3/t8-/m1/s1. The fourth-order valence-electron chi connectivity index (χ4n) is 1.78. The van der Waals surface area contributed by atoms with Gasteiger partial charge in [0, 0.05) is 13.7 Å². The van der Waals surface area contributed by atoms with Crippen LogP contribution in [0.5, 0.6) is 0 Å². The van der Waals surface area contributed by atoms with Gasteiger partial charge in [-0.2, -0.15) is 0 Å². The summed E-state index contributed by atoms with van der Waals surface area (Å²) in [7, 11) is 3.47. The molecule has 1 saturated heterocycles. The first-order valence-electron chi connectivity index (χ1n) is 4.72. The van der Waals surface area contributed by atoms with Crippen molar-refractivity contribution in [2.24, 2.45) is 0 Å². The molecule has 0 unspecified atom stereocenters. The van der Waals surface area contributed by atoms with E-state index < -0.39 is 0 Å². The lowest BCUT2D eigenvalue weighted by atomic mass is 10.2. The quantitative estimate of drug-likeness (QED) is 0.663. The SMILES string of the molecule is CNCC(=O)N1CCC[C@@H]1COC. The first-order valence-corrected chi connectivity index (χ1v) is 4.72. The first kappa shape index (κ1) is 10.5. The Morgan fingerprint density at radius 1 is 1.69 bits per heavy atom. The van der Waals surface area contributed by atoms with Crippen molar-refractivity contribution in [1.29, 1.82) is 0 Å². The third kappa shape index (κ3) is 2.67. The highest BCUT2D eigenvalue weighted by atomic mass is 16.5. The van der Waals surface area contributed by atoms with E-state index in [0.29, 0.717) is 19.2 Å². The van der Waals surface area contributed by atoms with Crippen LogP contribution in [-0.2, 0) is 9.53 Å². The van der Waals surface area contributed by atoms with Gasteiger partial charge in [0.1, 0.15) is 0 Å². The van der Waals surface area contributed by atoms with E-state index >= 15 is 0 Å². The number of hydrogen-bond acceptors (Lipinski definition) is 3. The van der Waals surface area contributed by atoms with Crippen LogP contribution in [-0.4, -0.2) is 50.7 Å². The Kier molecular flexibility index (Phi) is 4.18. The molecule has 1 heterocycles. The molecule has 1 rings (SSSR count). The van der Waals surface area contributed by atoms with E-state index in [-0.39, 0.29) is 5.91 Å². The van der Waals surface area contributed by atoms with Crippen molar-refractivity contribution in [3.63, 3.8) is 0 Å².